The zero-order valence-electron chi connectivity index (χ0n) is 17.9. The molecule has 1 fully saturated rings. The molecular formula is C24H23Cl2FN6. The van der Waals surface area contributed by atoms with Gasteiger partial charge in [-0.25, -0.2) is 14.4 Å². The number of piperidine rings is 1. The molecule has 6 nitrogen and oxygen atoms in total. The molecule has 5 rings (SSSR count). The summed E-state index contributed by atoms with van der Waals surface area (Å²) in [6.45, 7) is 3.12. The highest BCUT2D eigenvalue weighted by atomic mass is 35.5. The van der Waals surface area contributed by atoms with Gasteiger partial charge in [0.2, 0.25) is 5.95 Å². The summed E-state index contributed by atoms with van der Waals surface area (Å²) >= 11 is 13.1. The van der Waals surface area contributed by atoms with E-state index in [-0.39, 0.29) is 5.82 Å². The SMILES string of the molecule is Fc1cccc(CNc2ncc3nc(-c4c(Cl)cccc4Cl)n(C[C@@H]4CCCNC4)c3n2)c1. The molecule has 0 spiro atoms. The van der Waals surface area contributed by atoms with Gasteiger partial charge in [0.15, 0.2) is 5.65 Å². The van der Waals surface area contributed by atoms with E-state index < -0.39 is 0 Å². The lowest BCUT2D eigenvalue weighted by atomic mass is 9.99. The third-order valence-electron chi connectivity index (χ3n) is 5.85. The van der Waals surface area contributed by atoms with Gasteiger partial charge >= 0.3 is 0 Å². The molecule has 0 saturated carbocycles. The van der Waals surface area contributed by atoms with Crippen LogP contribution in [0.3, 0.4) is 0 Å². The van der Waals surface area contributed by atoms with Gasteiger partial charge in [-0.2, -0.15) is 4.98 Å². The second-order valence-electron chi connectivity index (χ2n) is 8.24. The lowest BCUT2D eigenvalue weighted by Crippen LogP contribution is -2.32. The zero-order chi connectivity index (χ0) is 22.8. The molecule has 0 aliphatic carbocycles. The van der Waals surface area contributed by atoms with Crippen molar-refractivity contribution in [3.8, 4) is 11.4 Å². The highest BCUT2D eigenvalue weighted by Crippen LogP contribution is 2.36. The van der Waals surface area contributed by atoms with E-state index in [2.05, 4.69) is 20.2 Å². The van der Waals surface area contributed by atoms with Crippen LogP contribution in [0, 0.1) is 11.7 Å². The molecule has 0 unspecified atom stereocenters. The molecule has 1 aliphatic rings. The van der Waals surface area contributed by atoms with E-state index in [1.54, 1.807) is 12.3 Å². The monoisotopic (exact) mass is 484 g/mol. The molecule has 2 aromatic heterocycles. The van der Waals surface area contributed by atoms with Crippen LogP contribution in [0.2, 0.25) is 10.0 Å². The number of benzene rings is 2. The predicted octanol–water partition coefficient (Wildman–Crippen LogP) is 5.55. The van der Waals surface area contributed by atoms with Crippen LogP contribution < -0.4 is 10.6 Å². The summed E-state index contributed by atoms with van der Waals surface area (Å²) in [4.78, 5) is 14.0. The highest BCUT2D eigenvalue weighted by Gasteiger charge is 2.23. The Hall–Kier alpha value is -2.74. The number of hydrogen-bond donors (Lipinski definition) is 2. The molecule has 170 valence electrons. The quantitative estimate of drug-likeness (QED) is 0.375. The smallest absolute Gasteiger partial charge is 0.225 e. The highest BCUT2D eigenvalue weighted by molar-refractivity contribution is 6.39. The number of rotatable bonds is 6. The molecule has 9 heteroatoms. The Kier molecular flexibility index (Phi) is 6.44. The summed E-state index contributed by atoms with van der Waals surface area (Å²) in [7, 11) is 0. The molecule has 1 saturated heterocycles. The molecule has 1 atom stereocenters. The van der Waals surface area contributed by atoms with Crippen molar-refractivity contribution < 1.29 is 4.39 Å². The van der Waals surface area contributed by atoms with Crippen molar-refractivity contribution in [3.63, 3.8) is 0 Å². The second kappa shape index (κ2) is 9.63. The van der Waals surface area contributed by atoms with Gasteiger partial charge in [-0.15, -0.1) is 0 Å². The summed E-state index contributed by atoms with van der Waals surface area (Å²) in [6.07, 6.45) is 3.95. The molecule has 0 amide bonds. The molecule has 2 N–H and O–H groups in total. The van der Waals surface area contributed by atoms with Gasteiger partial charge in [0.05, 0.1) is 21.8 Å². The molecule has 0 bridgehead atoms. The summed E-state index contributed by atoms with van der Waals surface area (Å²) in [5, 5.41) is 7.74. The largest absolute Gasteiger partial charge is 0.350 e. The van der Waals surface area contributed by atoms with Gasteiger partial charge in [0, 0.05) is 13.1 Å². The van der Waals surface area contributed by atoms with Crippen LogP contribution in [0.25, 0.3) is 22.6 Å². The van der Waals surface area contributed by atoms with Gasteiger partial charge in [0.25, 0.3) is 0 Å². The molecule has 0 radical (unpaired) electrons. The van der Waals surface area contributed by atoms with E-state index in [1.807, 2.05) is 24.3 Å². The first-order valence-electron chi connectivity index (χ1n) is 10.9. The third-order valence-corrected chi connectivity index (χ3v) is 6.48. The van der Waals surface area contributed by atoms with E-state index in [0.29, 0.717) is 51.0 Å². The average Bonchev–Trinajstić information content (AvgIpc) is 3.15. The number of halogens is 3. The van der Waals surface area contributed by atoms with Crippen molar-refractivity contribution in [3.05, 3.63) is 70.1 Å². The fourth-order valence-corrected chi connectivity index (χ4v) is 4.81. The number of hydrogen-bond acceptors (Lipinski definition) is 5. The number of nitrogens with zero attached hydrogens (tertiary/aromatic N) is 4. The van der Waals surface area contributed by atoms with Crippen LogP contribution in [-0.4, -0.2) is 32.6 Å². The Morgan fingerprint density at radius 1 is 1.12 bits per heavy atom. The standard InChI is InChI=1S/C24H23Cl2FN6/c25-18-7-2-8-19(26)21(18)23-31-20-13-30-24(29-12-15-4-1-6-17(27)10-15)32-22(20)33(23)14-16-5-3-9-28-11-16/h1-2,4,6-8,10,13,16,28H,3,5,9,11-12,14H2,(H,29,30,32)/t16-/m1/s1. The number of imidazole rings is 1. The maximum Gasteiger partial charge on any atom is 0.225 e. The van der Waals surface area contributed by atoms with Gasteiger partial charge in [-0.3, -0.25) is 0 Å². The summed E-state index contributed by atoms with van der Waals surface area (Å²) in [5.74, 6) is 1.30. The van der Waals surface area contributed by atoms with Crippen LogP contribution in [-0.2, 0) is 13.1 Å². The molecule has 33 heavy (non-hydrogen) atoms. The Balaban J connectivity index is 1.54. The lowest BCUT2D eigenvalue weighted by molar-refractivity contribution is 0.341. The normalized spacial score (nSPS) is 16.3. The van der Waals surface area contributed by atoms with Crippen molar-refractivity contribution in [1.82, 2.24) is 24.8 Å². The number of fused-ring (bicyclic) bond motifs is 1. The second-order valence-corrected chi connectivity index (χ2v) is 9.06. The summed E-state index contributed by atoms with van der Waals surface area (Å²) in [6, 6.07) is 11.9. The van der Waals surface area contributed by atoms with Crippen LogP contribution in [0.4, 0.5) is 10.3 Å². The molecule has 2 aromatic carbocycles. The van der Waals surface area contributed by atoms with Crippen molar-refractivity contribution in [2.45, 2.75) is 25.9 Å². The van der Waals surface area contributed by atoms with Crippen LogP contribution in [0.1, 0.15) is 18.4 Å². The average molecular weight is 485 g/mol. The minimum atomic E-state index is -0.272. The van der Waals surface area contributed by atoms with Crippen molar-refractivity contribution >= 4 is 40.3 Å². The van der Waals surface area contributed by atoms with Crippen LogP contribution in [0.15, 0.2) is 48.7 Å². The maximum absolute atomic E-state index is 13.5. The third kappa shape index (κ3) is 4.81. The number of anilines is 1. The number of nitrogens with one attached hydrogen (secondary N) is 2. The molecular weight excluding hydrogens is 462 g/mol. The van der Waals surface area contributed by atoms with E-state index in [9.17, 15) is 4.39 Å². The minimum absolute atomic E-state index is 0.272. The van der Waals surface area contributed by atoms with E-state index in [4.69, 9.17) is 33.2 Å². The fraction of sp³-hybridized carbons (Fsp3) is 0.292. The minimum Gasteiger partial charge on any atom is -0.350 e. The van der Waals surface area contributed by atoms with E-state index in [0.717, 1.165) is 38.0 Å². The van der Waals surface area contributed by atoms with Gasteiger partial charge in [-0.1, -0.05) is 41.4 Å². The van der Waals surface area contributed by atoms with Crippen molar-refractivity contribution in [1.29, 1.82) is 0 Å². The molecule has 4 aromatic rings. The molecule has 3 heterocycles. The first-order valence-corrected chi connectivity index (χ1v) is 11.7. The molecule has 1 aliphatic heterocycles. The Morgan fingerprint density at radius 3 is 2.70 bits per heavy atom. The van der Waals surface area contributed by atoms with E-state index >= 15 is 0 Å². The first-order chi connectivity index (χ1) is 16.1. The zero-order valence-corrected chi connectivity index (χ0v) is 19.4. The van der Waals surface area contributed by atoms with E-state index in [1.165, 1.54) is 12.1 Å². The maximum atomic E-state index is 13.5. The fourth-order valence-electron chi connectivity index (χ4n) is 4.25. The first kappa shape index (κ1) is 22.1. The summed E-state index contributed by atoms with van der Waals surface area (Å²) < 4.78 is 15.6. The van der Waals surface area contributed by atoms with Crippen LogP contribution >= 0.6 is 23.2 Å². The van der Waals surface area contributed by atoms with Gasteiger partial charge < -0.3 is 15.2 Å². The Labute approximate surface area is 201 Å². The van der Waals surface area contributed by atoms with Gasteiger partial charge in [0.1, 0.15) is 17.2 Å². The van der Waals surface area contributed by atoms with Gasteiger partial charge in [-0.05, 0) is 61.7 Å². The lowest BCUT2D eigenvalue weighted by Gasteiger charge is -2.24. The Bertz CT molecular complexity index is 1270. The van der Waals surface area contributed by atoms with Crippen LogP contribution in [0.5, 0.6) is 0 Å². The number of aromatic nitrogens is 4. The van der Waals surface area contributed by atoms with Crippen molar-refractivity contribution in [2.24, 2.45) is 5.92 Å². The topological polar surface area (TPSA) is 67.7 Å². The van der Waals surface area contributed by atoms with Crippen molar-refractivity contribution in [2.75, 3.05) is 18.4 Å². The predicted molar refractivity (Wildman–Crippen MR) is 130 cm³/mol. The summed E-state index contributed by atoms with van der Waals surface area (Å²) in [5.41, 5.74) is 2.88. The Morgan fingerprint density at radius 2 is 1.94 bits per heavy atom.